The number of fused-ring (bicyclic) bond motifs is 1. The maximum atomic E-state index is 12.4. The van der Waals surface area contributed by atoms with Crippen molar-refractivity contribution in [2.24, 2.45) is 9.98 Å². The van der Waals surface area contributed by atoms with Gasteiger partial charge in [0.25, 0.3) is 0 Å². The van der Waals surface area contributed by atoms with Gasteiger partial charge in [0.15, 0.2) is 0 Å². The van der Waals surface area contributed by atoms with E-state index in [0.29, 0.717) is 12.2 Å². The van der Waals surface area contributed by atoms with Crippen molar-refractivity contribution in [2.75, 3.05) is 12.3 Å². The highest BCUT2D eigenvalue weighted by Gasteiger charge is 2.16. The van der Waals surface area contributed by atoms with Gasteiger partial charge in [0, 0.05) is 13.0 Å². The minimum absolute atomic E-state index is 0.0647. The largest absolute Gasteiger partial charge is 0.355 e. The standard InChI is InChI=1S/C25H27N3OS/c29-24(26-16-15-19-9-3-1-4-10-19)18-30-25-17-23(20-11-5-2-6-12-20)27-21-13-7-8-14-22(21)28-25/h2,5-9,11-14H,1,3-4,10,15-18H2,(H,26,29). The fourth-order valence-corrected chi connectivity index (χ4v) is 4.53. The van der Waals surface area contributed by atoms with Gasteiger partial charge in [-0.25, -0.2) is 4.99 Å². The molecule has 1 aliphatic heterocycles. The number of thioether (sulfide) groups is 1. The molecule has 1 amide bonds. The summed E-state index contributed by atoms with van der Waals surface area (Å²) in [6.45, 7) is 0.720. The summed E-state index contributed by atoms with van der Waals surface area (Å²) in [7, 11) is 0. The number of rotatable bonds is 6. The predicted molar refractivity (Wildman–Crippen MR) is 127 cm³/mol. The summed E-state index contributed by atoms with van der Waals surface area (Å²) in [5.74, 6) is 0.442. The van der Waals surface area contributed by atoms with Crippen LogP contribution < -0.4 is 5.32 Å². The Balaban J connectivity index is 1.38. The molecular weight excluding hydrogens is 390 g/mol. The van der Waals surface area contributed by atoms with Gasteiger partial charge in [-0.2, -0.15) is 0 Å². The summed E-state index contributed by atoms with van der Waals surface area (Å²) in [5.41, 5.74) is 5.29. The molecule has 2 aromatic carbocycles. The summed E-state index contributed by atoms with van der Waals surface area (Å²) in [6, 6.07) is 18.1. The van der Waals surface area contributed by atoms with Crippen molar-refractivity contribution in [1.29, 1.82) is 0 Å². The van der Waals surface area contributed by atoms with Gasteiger partial charge in [0.2, 0.25) is 5.91 Å². The van der Waals surface area contributed by atoms with Gasteiger partial charge < -0.3 is 5.32 Å². The lowest BCUT2D eigenvalue weighted by atomic mass is 9.97. The van der Waals surface area contributed by atoms with E-state index in [1.807, 2.05) is 42.5 Å². The van der Waals surface area contributed by atoms with Gasteiger partial charge in [-0.15, -0.1) is 11.8 Å². The van der Waals surface area contributed by atoms with Crippen molar-refractivity contribution in [1.82, 2.24) is 5.32 Å². The summed E-state index contributed by atoms with van der Waals surface area (Å²) in [4.78, 5) is 22.1. The van der Waals surface area contributed by atoms with E-state index < -0.39 is 0 Å². The Morgan fingerprint density at radius 1 is 0.967 bits per heavy atom. The molecular formula is C25H27N3OS. The lowest BCUT2D eigenvalue weighted by Crippen LogP contribution is -2.27. The average Bonchev–Trinajstić information content (AvgIpc) is 2.98. The zero-order valence-corrected chi connectivity index (χ0v) is 18.0. The number of nitrogens with one attached hydrogen (secondary N) is 1. The van der Waals surface area contributed by atoms with Crippen LogP contribution in [0.5, 0.6) is 0 Å². The molecule has 154 valence electrons. The Morgan fingerprint density at radius 3 is 2.50 bits per heavy atom. The number of amides is 1. The first-order valence-corrected chi connectivity index (χ1v) is 11.6. The third kappa shape index (κ3) is 5.70. The van der Waals surface area contributed by atoms with Crippen LogP contribution in [0.15, 0.2) is 76.2 Å². The summed E-state index contributed by atoms with van der Waals surface area (Å²) >= 11 is 1.51. The highest BCUT2D eigenvalue weighted by atomic mass is 32.2. The molecule has 0 bridgehead atoms. The summed E-state index contributed by atoms with van der Waals surface area (Å²) in [6.07, 6.45) is 8.88. The third-order valence-corrected chi connectivity index (χ3v) is 6.31. The molecule has 0 saturated heterocycles. The normalized spacial score (nSPS) is 15.9. The van der Waals surface area contributed by atoms with Crippen LogP contribution in [0, 0.1) is 0 Å². The zero-order chi connectivity index (χ0) is 20.6. The van der Waals surface area contributed by atoms with Crippen LogP contribution in [0.3, 0.4) is 0 Å². The minimum Gasteiger partial charge on any atom is -0.355 e. The Labute approximate surface area is 182 Å². The second kappa shape index (κ2) is 10.4. The van der Waals surface area contributed by atoms with Crippen LogP contribution in [0.2, 0.25) is 0 Å². The molecule has 4 nitrogen and oxygen atoms in total. The molecule has 2 aliphatic rings. The molecule has 0 radical (unpaired) electrons. The molecule has 0 unspecified atom stereocenters. The Kier molecular flexibility index (Phi) is 7.14. The molecule has 1 heterocycles. The number of hydrogen-bond donors (Lipinski definition) is 1. The van der Waals surface area contributed by atoms with Crippen molar-refractivity contribution in [3.63, 3.8) is 0 Å². The van der Waals surface area contributed by atoms with Gasteiger partial charge in [0.05, 0.1) is 27.9 Å². The van der Waals surface area contributed by atoms with E-state index in [4.69, 9.17) is 9.98 Å². The Morgan fingerprint density at radius 2 is 1.73 bits per heavy atom. The van der Waals surface area contributed by atoms with Crippen molar-refractivity contribution < 1.29 is 4.79 Å². The van der Waals surface area contributed by atoms with Crippen LogP contribution in [0.1, 0.15) is 44.1 Å². The van der Waals surface area contributed by atoms with E-state index >= 15 is 0 Å². The van der Waals surface area contributed by atoms with Crippen molar-refractivity contribution in [3.8, 4) is 0 Å². The molecule has 5 heteroatoms. The van der Waals surface area contributed by atoms with Gasteiger partial charge >= 0.3 is 0 Å². The van der Waals surface area contributed by atoms with Gasteiger partial charge in [-0.3, -0.25) is 9.79 Å². The van der Waals surface area contributed by atoms with Gasteiger partial charge in [-0.1, -0.05) is 54.1 Å². The predicted octanol–water partition coefficient (Wildman–Crippen LogP) is 5.98. The zero-order valence-electron chi connectivity index (χ0n) is 17.1. The van der Waals surface area contributed by atoms with Crippen molar-refractivity contribution in [3.05, 3.63) is 71.8 Å². The lowest BCUT2D eigenvalue weighted by molar-refractivity contribution is -0.118. The highest BCUT2D eigenvalue weighted by Crippen LogP contribution is 2.33. The van der Waals surface area contributed by atoms with E-state index in [0.717, 1.165) is 40.7 Å². The van der Waals surface area contributed by atoms with Crippen LogP contribution in [-0.2, 0) is 4.79 Å². The number of allylic oxidation sites excluding steroid dienone is 1. The molecule has 4 rings (SSSR count). The fourth-order valence-electron chi connectivity index (χ4n) is 3.73. The van der Waals surface area contributed by atoms with Crippen LogP contribution in [0.25, 0.3) is 0 Å². The number of carbonyl (C=O) groups is 1. The first-order valence-electron chi connectivity index (χ1n) is 10.6. The number of carbonyl (C=O) groups excluding carboxylic acids is 1. The van der Waals surface area contributed by atoms with E-state index in [1.54, 1.807) is 0 Å². The molecule has 0 spiro atoms. The molecule has 0 fully saturated rings. The first kappa shape index (κ1) is 20.6. The summed E-state index contributed by atoms with van der Waals surface area (Å²) < 4.78 is 0. The second-order valence-electron chi connectivity index (χ2n) is 7.59. The first-order chi connectivity index (χ1) is 14.8. The van der Waals surface area contributed by atoms with E-state index in [2.05, 4.69) is 23.5 Å². The molecule has 30 heavy (non-hydrogen) atoms. The monoisotopic (exact) mass is 417 g/mol. The van der Waals surface area contributed by atoms with E-state index in [9.17, 15) is 4.79 Å². The van der Waals surface area contributed by atoms with E-state index in [-0.39, 0.29) is 5.91 Å². The van der Waals surface area contributed by atoms with Gasteiger partial charge in [0.1, 0.15) is 0 Å². The number of nitrogens with zero attached hydrogens (tertiary/aromatic N) is 2. The number of hydrogen-bond acceptors (Lipinski definition) is 4. The average molecular weight is 418 g/mol. The van der Waals surface area contributed by atoms with Crippen LogP contribution in [0.4, 0.5) is 11.4 Å². The second-order valence-corrected chi connectivity index (χ2v) is 8.64. The van der Waals surface area contributed by atoms with Crippen molar-refractivity contribution >= 4 is 39.8 Å². The topological polar surface area (TPSA) is 53.8 Å². The molecule has 0 aromatic heterocycles. The van der Waals surface area contributed by atoms with Gasteiger partial charge in [-0.05, 0) is 49.8 Å². The lowest BCUT2D eigenvalue weighted by Gasteiger charge is -2.13. The molecule has 1 N–H and O–H groups in total. The number of aliphatic imine (C=N–C) groups is 2. The fraction of sp³-hybridized carbons (Fsp3) is 0.320. The van der Waals surface area contributed by atoms with Crippen molar-refractivity contribution in [2.45, 2.75) is 38.5 Å². The smallest absolute Gasteiger partial charge is 0.230 e. The highest BCUT2D eigenvalue weighted by molar-refractivity contribution is 8.14. The molecule has 0 saturated carbocycles. The summed E-state index contributed by atoms with van der Waals surface area (Å²) in [5, 5.41) is 3.99. The van der Waals surface area contributed by atoms with Crippen LogP contribution in [-0.4, -0.2) is 29.0 Å². The maximum Gasteiger partial charge on any atom is 0.230 e. The Bertz CT molecular complexity index is 979. The quantitative estimate of drug-likeness (QED) is 0.588. The van der Waals surface area contributed by atoms with Crippen LogP contribution >= 0.6 is 11.8 Å². The minimum atomic E-state index is 0.0647. The number of para-hydroxylation sites is 2. The van der Waals surface area contributed by atoms with E-state index in [1.165, 1.54) is 43.0 Å². The molecule has 2 aromatic rings. The number of benzene rings is 2. The molecule has 0 atom stereocenters. The third-order valence-electron chi connectivity index (χ3n) is 5.33. The SMILES string of the molecule is O=C(CSC1=Nc2ccccc2N=C(c2ccccc2)C1)NCCC1=CCCCC1. The Hall–Kier alpha value is -2.66. The molecule has 1 aliphatic carbocycles. The maximum absolute atomic E-state index is 12.4.